The van der Waals surface area contributed by atoms with E-state index in [2.05, 4.69) is 11.5 Å². The Kier molecular flexibility index (Phi) is 4.60. The van der Waals surface area contributed by atoms with Crippen LogP contribution in [0.5, 0.6) is 0 Å². The third kappa shape index (κ3) is 3.61. The maximum Gasteiger partial charge on any atom is 0.253 e. The molecule has 0 fully saturated rings. The maximum atomic E-state index is 12.5. The highest BCUT2D eigenvalue weighted by Gasteiger charge is 2.13. The van der Waals surface area contributed by atoms with Gasteiger partial charge in [0.15, 0.2) is 0 Å². The second kappa shape index (κ2) is 6.41. The van der Waals surface area contributed by atoms with Crippen molar-refractivity contribution in [1.82, 2.24) is 4.90 Å². The van der Waals surface area contributed by atoms with Gasteiger partial charge in [0.1, 0.15) is 0 Å². The molecule has 0 aromatic heterocycles. The number of hydrogen-bond donors (Lipinski definition) is 2. The summed E-state index contributed by atoms with van der Waals surface area (Å²) in [6.07, 6.45) is 0. The SMILES string of the molecule is Cc1cccc(CN(C)C(=O)c2ccc(NN)c(C)c2)c1. The van der Waals surface area contributed by atoms with Crippen molar-refractivity contribution in [2.45, 2.75) is 20.4 Å². The number of nitrogens with two attached hydrogens (primary N) is 1. The fourth-order valence-corrected chi connectivity index (χ4v) is 2.34. The first-order chi connectivity index (χ1) is 10.0. The quantitative estimate of drug-likeness (QED) is 0.670. The zero-order valence-electron chi connectivity index (χ0n) is 12.7. The molecule has 0 aliphatic carbocycles. The van der Waals surface area contributed by atoms with E-state index in [0.29, 0.717) is 12.1 Å². The molecule has 4 nitrogen and oxygen atoms in total. The number of nitrogens with zero attached hydrogens (tertiary/aromatic N) is 1. The van der Waals surface area contributed by atoms with Crippen LogP contribution in [0.25, 0.3) is 0 Å². The molecule has 0 unspecified atom stereocenters. The van der Waals surface area contributed by atoms with Crippen LogP contribution >= 0.6 is 0 Å². The van der Waals surface area contributed by atoms with E-state index >= 15 is 0 Å². The van der Waals surface area contributed by atoms with Crippen LogP contribution in [-0.4, -0.2) is 17.9 Å². The molecule has 0 aliphatic heterocycles. The van der Waals surface area contributed by atoms with Gasteiger partial charge in [-0.15, -0.1) is 0 Å². The second-order valence-electron chi connectivity index (χ2n) is 5.32. The third-order valence-corrected chi connectivity index (χ3v) is 3.48. The van der Waals surface area contributed by atoms with Crippen LogP contribution in [0.3, 0.4) is 0 Å². The minimum atomic E-state index is 0.00294. The van der Waals surface area contributed by atoms with Gasteiger partial charge in [0.25, 0.3) is 5.91 Å². The van der Waals surface area contributed by atoms with Crippen molar-refractivity contribution in [3.63, 3.8) is 0 Å². The maximum absolute atomic E-state index is 12.5. The molecule has 0 saturated carbocycles. The molecular weight excluding hydrogens is 262 g/mol. The molecule has 0 atom stereocenters. The number of anilines is 1. The molecule has 110 valence electrons. The lowest BCUT2D eigenvalue weighted by Gasteiger charge is -2.18. The number of nitrogen functional groups attached to an aromatic ring is 1. The van der Waals surface area contributed by atoms with Gasteiger partial charge in [-0.25, -0.2) is 0 Å². The van der Waals surface area contributed by atoms with E-state index < -0.39 is 0 Å². The topological polar surface area (TPSA) is 58.4 Å². The number of aryl methyl sites for hydroxylation is 2. The predicted octanol–water partition coefficient (Wildman–Crippen LogP) is 2.86. The zero-order chi connectivity index (χ0) is 15.4. The Balaban J connectivity index is 2.14. The van der Waals surface area contributed by atoms with Crippen molar-refractivity contribution in [1.29, 1.82) is 0 Å². The molecule has 2 aromatic rings. The van der Waals surface area contributed by atoms with E-state index in [9.17, 15) is 4.79 Å². The number of carbonyl (C=O) groups is 1. The molecule has 21 heavy (non-hydrogen) atoms. The monoisotopic (exact) mass is 283 g/mol. The van der Waals surface area contributed by atoms with Gasteiger partial charge in [-0.1, -0.05) is 29.8 Å². The molecule has 0 saturated heterocycles. The van der Waals surface area contributed by atoms with E-state index in [-0.39, 0.29) is 5.91 Å². The lowest BCUT2D eigenvalue weighted by atomic mass is 10.1. The summed E-state index contributed by atoms with van der Waals surface area (Å²) in [6.45, 7) is 4.57. The highest BCUT2D eigenvalue weighted by atomic mass is 16.2. The number of amides is 1. The summed E-state index contributed by atoms with van der Waals surface area (Å²) in [5, 5.41) is 0. The average Bonchev–Trinajstić information content (AvgIpc) is 2.46. The summed E-state index contributed by atoms with van der Waals surface area (Å²) in [4.78, 5) is 14.2. The largest absolute Gasteiger partial charge is 0.337 e. The van der Waals surface area contributed by atoms with Gasteiger partial charge in [-0.3, -0.25) is 10.6 Å². The summed E-state index contributed by atoms with van der Waals surface area (Å²) in [5.74, 6) is 5.41. The second-order valence-corrected chi connectivity index (χ2v) is 5.32. The van der Waals surface area contributed by atoms with Gasteiger partial charge in [0.2, 0.25) is 0 Å². The van der Waals surface area contributed by atoms with Crippen molar-refractivity contribution < 1.29 is 4.79 Å². The van der Waals surface area contributed by atoms with Crippen LogP contribution < -0.4 is 11.3 Å². The van der Waals surface area contributed by atoms with Crippen molar-refractivity contribution in [2.75, 3.05) is 12.5 Å². The summed E-state index contributed by atoms with van der Waals surface area (Å²) in [7, 11) is 1.81. The number of benzene rings is 2. The Morgan fingerprint density at radius 2 is 1.95 bits per heavy atom. The van der Waals surface area contributed by atoms with Gasteiger partial charge >= 0.3 is 0 Å². The highest BCUT2D eigenvalue weighted by molar-refractivity contribution is 5.94. The van der Waals surface area contributed by atoms with E-state index in [0.717, 1.165) is 16.8 Å². The average molecular weight is 283 g/mol. The van der Waals surface area contributed by atoms with Crippen LogP contribution in [-0.2, 0) is 6.54 Å². The van der Waals surface area contributed by atoms with Crippen LogP contribution in [0.4, 0.5) is 5.69 Å². The lowest BCUT2D eigenvalue weighted by molar-refractivity contribution is 0.0785. The minimum Gasteiger partial charge on any atom is -0.337 e. The lowest BCUT2D eigenvalue weighted by Crippen LogP contribution is -2.26. The Bertz CT molecular complexity index is 652. The molecule has 0 radical (unpaired) electrons. The van der Waals surface area contributed by atoms with Gasteiger partial charge in [-0.05, 0) is 43.2 Å². The predicted molar refractivity (Wildman–Crippen MR) is 86.0 cm³/mol. The van der Waals surface area contributed by atoms with Crippen molar-refractivity contribution >= 4 is 11.6 Å². The van der Waals surface area contributed by atoms with Gasteiger partial charge in [0, 0.05) is 19.2 Å². The molecule has 0 spiro atoms. The Morgan fingerprint density at radius 3 is 2.57 bits per heavy atom. The summed E-state index contributed by atoms with van der Waals surface area (Å²) < 4.78 is 0. The number of rotatable bonds is 4. The molecule has 0 bridgehead atoms. The zero-order valence-corrected chi connectivity index (χ0v) is 12.7. The molecule has 4 heteroatoms. The first-order valence-electron chi connectivity index (χ1n) is 6.89. The van der Waals surface area contributed by atoms with E-state index in [4.69, 9.17) is 5.84 Å². The molecule has 0 aliphatic rings. The smallest absolute Gasteiger partial charge is 0.253 e. The van der Waals surface area contributed by atoms with Crippen molar-refractivity contribution in [3.8, 4) is 0 Å². The molecule has 0 heterocycles. The van der Waals surface area contributed by atoms with E-state index in [1.807, 2.05) is 51.2 Å². The van der Waals surface area contributed by atoms with Gasteiger partial charge in [-0.2, -0.15) is 0 Å². The van der Waals surface area contributed by atoms with Crippen LogP contribution in [0.15, 0.2) is 42.5 Å². The first-order valence-corrected chi connectivity index (χ1v) is 6.89. The van der Waals surface area contributed by atoms with Gasteiger partial charge in [0.05, 0.1) is 5.69 Å². The molecule has 2 aromatic carbocycles. The Morgan fingerprint density at radius 1 is 1.19 bits per heavy atom. The fraction of sp³-hybridized carbons (Fsp3) is 0.235. The number of nitrogens with one attached hydrogen (secondary N) is 1. The molecule has 3 N–H and O–H groups in total. The normalized spacial score (nSPS) is 10.3. The van der Waals surface area contributed by atoms with E-state index in [1.54, 1.807) is 11.0 Å². The number of hydrazine groups is 1. The fourth-order valence-electron chi connectivity index (χ4n) is 2.34. The number of hydrogen-bond acceptors (Lipinski definition) is 3. The number of carbonyl (C=O) groups excluding carboxylic acids is 1. The summed E-state index contributed by atoms with van der Waals surface area (Å²) in [6, 6.07) is 13.6. The van der Waals surface area contributed by atoms with E-state index in [1.165, 1.54) is 5.56 Å². The molecule has 1 amide bonds. The first kappa shape index (κ1) is 15.1. The van der Waals surface area contributed by atoms with Crippen LogP contribution in [0.2, 0.25) is 0 Å². The molecular formula is C17H21N3O. The third-order valence-electron chi connectivity index (χ3n) is 3.48. The highest BCUT2D eigenvalue weighted by Crippen LogP contribution is 2.17. The Hall–Kier alpha value is -2.33. The standard InChI is InChI=1S/C17H21N3O/c1-12-5-4-6-14(9-12)11-20(3)17(21)15-7-8-16(19-18)13(2)10-15/h4-10,19H,11,18H2,1-3H3. The van der Waals surface area contributed by atoms with Crippen molar-refractivity contribution in [3.05, 3.63) is 64.7 Å². The van der Waals surface area contributed by atoms with Crippen molar-refractivity contribution in [2.24, 2.45) is 5.84 Å². The van der Waals surface area contributed by atoms with Crippen LogP contribution in [0, 0.1) is 13.8 Å². The Labute approximate surface area is 125 Å². The summed E-state index contributed by atoms with van der Waals surface area (Å²) >= 11 is 0. The molecule has 2 rings (SSSR count). The summed E-state index contributed by atoms with van der Waals surface area (Å²) in [5.41, 5.74) is 7.38. The minimum absolute atomic E-state index is 0.00294. The van der Waals surface area contributed by atoms with Gasteiger partial charge < -0.3 is 10.3 Å². The van der Waals surface area contributed by atoms with Crippen LogP contribution in [0.1, 0.15) is 27.0 Å².